The van der Waals surface area contributed by atoms with Gasteiger partial charge in [-0.15, -0.1) is 0 Å². The van der Waals surface area contributed by atoms with E-state index in [0.29, 0.717) is 11.0 Å². The number of hydrogen-bond acceptors (Lipinski definition) is 5. The van der Waals surface area contributed by atoms with Crippen LogP contribution in [0.3, 0.4) is 0 Å². The monoisotopic (exact) mass is 236 g/mol. The third-order valence-corrected chi connectivity index (χ3v) is 2.33. The van der Waals surface area contributed by atoms with E-state index in [4.69, 9.17) is 5.11 Å². The number of ketones is 1. The third kappa shape index (κ3) is 2.09. The topological polar surface area (TPSA) is 90.0 Å². The second-order valence-corrected chi connectivity index (χ2v) is 3.71. The van der Waals surface area contributed by atoms with E-state index in [9.17, 15) is 9.59 Å². The standard InChI is InChI=1S/C10H12N4O3/c1-7(16)5-13-6-11-9-8(10(13)17)4-12-14(9)2-3-15/h4,6,15H,2-3,5H2,1H3. The smallest absolute Gasteiger partial charge is 0.264 e. The van der Waals surface area contributed by atoms with E-state index in [-0.39, 0.29) is 31.0 Å². The fraction of sp³-hybridized carbons (Fsp3) is 0.400. The second kappa shape index (κ2) is 4.46. The molecule has 0 unspecified atom stereocenters. The third-order valence-electron chi connectivity index (χ3n) is 2.33. The van der Waals surface area contributed by atoms with Gasteiger partial charge >= 0.3 is 0 Å². The Kier molecular flexibility index (Phi) is 3.01. The van der Waals surface area contributed by atoms with E-state index in [1.54, 1.807) is 0 Å². The van der Waals surface area contributed by atoms with Crippen molar-refractivity contribution in [2.24, 2.45) is 0 Å². The fourth-order valence-corrected chi connectivity index (χ4v) is 1.61. The number of carbonyl (C=O) groups is 1. The van der Waals surface area contributed by atoms with Crippen molar-refractivity contribution in [2.75, 3.05) is 6.61 Å². The summed E-state index contributed by atoms with van der Waals surface area (Å²) < 4.78 is 2.70. The molecule has 1 N–H and O–H groups in total. The van der Waals surface area contributed by atoms with Gasteiger partial charge in [0.2, 0.25) is 0 Å². The molecule has 0 atom stereocenters. The number of aliphatic hydroxyl groups is 1. The van der Waals surface area contributed by atoms with E-state index in [0.717, 1.165) is 0 Å². The predicted octanol–water partition coefficient (Wildman–Crippen LogP) is -0.826. The minimum absolute atomic E-state index is 0.00690. The van der Waals surface area contributed by atoms with Gasteiger partial charge in [0, 0.05) is 0 Å². The molecular formula is C10H12N4O3. The molecule has 2 heterocycles. The molecule has 7 nitrogen and oxygen atoms in total. The summed E-state index contributed by atoms with van der Waals surface area (Å²) in [5, 5.41) is 13.1. The maximum absolute atomic E-state index is 11.9. The first-order chi connectivity index (χ1) is 8.13. The maximum Gasteiger partial charge on any atom is 0.264 e. The van der Waals surface area contributed by atoms with E-state index in [1.807, 2.05) is 0 Å². The predicted molar refractivity (Wildman–Crippen MR) is 59.6 cm³/mol. The van der Waals surface area contributed by atoms with Crippen LogP contribution < -0.4 is 5.56 Å². The lowest BCUT2D eigenvalue weighted by Gasteiger charge is -2.03. The molecule has 17 heavy (non-hydrogen) atoms. The molecule has 0 radical (unpaired) electrons. The summed E-state index contributed by atoms with van der Waals surface area (Å²) >= 11 is 0. The summed E-state index contributed by atoms with van der Waals surface area (Å²) in [6.07, 6.45) is 2.72. The Morgan fingerprint density at radius 2 is 2.29 bits per heavy atom. The highest BCUT2D eigenvalue weighted by molar-refractivity contribution is 5.76. The highest BCUT2D eigenvalue weighted by Gasteiger charge is 2.10. The van der Waals surface area contributed by atoms with Crippen molar-refractivity contribution >= 4 is 16.8 Å². The Hall–Kier alpha value is -2.02. The Morgan fingerprint density at radius 3 is 2.94 bits per heavy atom. The van der Waals surface area contributed by atoms with E-state index >= 15 is 0 Å². The van der Waals surface area contributed by atoms with Crippen molar-refractivity contribution in [3.8, 4) is 0 Å². The van der Waals surface area contributed by atoms with Gasteiger partial charge in [-0.05, 0) is 6.92 Å². The number of aliphatic hydroxyl groups excluding tert-OH is 1. The van der Waals surface area contributed by atoms with E-state index in [1.165, 1.54) is 28.7 Å². The quantitative estimate of drug-likeness (QED) is 0.748. The first kappa shape index (κ1) is 11.5. The molecule has 2 rings (SSSR count). The summed E-state index contributed by atoms with van der Waals surface area (Å²) in [5.74, 6) is -0.115. The molecule has 0 spiro atoms. The summed E-state index contributed by atoms with van der Waals surface area (Å²) in [4.78, 5) is 27.0. The molecule has 0 aromatic carbocycles. The fourth-order valence-electron chi connectivity index (χ4n) is 1.61. The van der Waals surface area contributed by atoms with Gasteiger partial charge in [-0.1, -0.05) is 0 Å². The van der Waals surface area contributed by atoms with E-state index < -0.39 is 0 Å². The van der Waals surface area contributed by atoms with E-state index in [2.05, 4.69) is 10.1 Å². The van der Waals surface area contributed by atoms with Crippen LogP contribution in [-0.2, 0) is 17.9 Å². The number of nitrogens with zero attached hydrogens (tertiary/aromatic N) is 4. The van der Waals surface area contributed by atoms with Crippen molar-refractivity contribution in [1.29, 1.82) is 0 Å². The van der Waals surface area contributed by atoms with Gasteiger partial charge in [-0.2, -0.15) is 5.10 Å². The second-order valence-electron chi connectivity index (χ2n) is 3.71. The minimum Gasteiger partial charge on any atom is -0.394 e. The molecule has 2 aromatic heterocycles. The summed E-state index contributed by atoms with van der Waals surface area (Å²) in [6.45, 7) is 1.63. The maximum atomic E-state index is 11.9. The molecule has 0 saturated heterocycles. The first-order valence-corrected chi connectivity index (χ1v) is 5.14. The van der Waals surface area contributed by atoms with Gasteiger partial charge in [0.25, 0.3) is 5.56 Å². The Balaban J connectivity index is 2.54. The number of hydrogen-bond donors (Lipinski definition) is 1. The van der Waals surface area contributed by atoms with Gasteiger partial charge in [-0.25, -0.2) is 9.67 Å². The van der Waals surface area contributed by atoms with Crippen molar-refractivity contribution in [3.63, 3.8) is 0 Å². The van der Waals surface area contributed by atoms with Crippen molar-refractivity contribution in [1.82, 2.24) is 19.3 Å². The van der Waals surface area contributed by atoms with Crippen LogP contribution in [0.15, 0.2) is 17.3 Å². The average molecular weight is 236 g/mol. The molecule has 0 fully saturated rings. The number of aromatic nitrogens is 4. The molecule has 90 valence electrons. The first-order valence-electron chi connectivity index (χ1n) is 5.14. The lowest BCUT2D eigenvalue weighted by molar-refractivity contribution is -0.117. The SMILES string of the molecule is CC(=O)Cn1cnc2c(cnn2CCO)c1=O. The van der Waals surface area contributed by atoms with Gasteiger partial charge in [0.1, 0.15) is 17.5 Å². The number of Topliss-reactive ketones (excluding diaryl/α,β-unsaturated/α-hetero) is 1. The van der Waals surface area contributed by atoms with Gasteiger partial charge < -0.3 is 5.11 Å². The average Bonchev–Trinajstić information content (AvgIpc) is 2.67. The van der Waals surface area contributed by atoms with Crippen molar-refractivity contribution < 1.29 is 9.90 Å². The molecule has 0 aliphatic rings. The van der Waals surface area contributed by atoms with Crippen molar-refractivity contribution in [2.45, 2.75) is 20.0 Å². The van der Waals surface area contributed by atoms with Gasteiger partial charge in [-0.3, -0.25) is 14.2 Å². The summed E-state index contributed by atoms with van der Waals surface area (Å²) in [5.41, 5.74) is 0.123. The zero-order chi connectivity index (χ0) is 12.4. The Labute approximate surface area is 96.3 Å². The van der Waals surface area contributed by atoms with Crippen LogP contribution in [0.1, 0.15) is 6.92 Å². The largest absolute Gasteiger partial charge is 0.394 e. The molecule has 0 aliphatic heterocycles. The van der Waals surface area contributed by atoms with Crippen LogP contribution in [0.4, 0.5) is 0 Å². The van der Waals surface area contributed by atoms with Crippen LogP contribution in [0.5, 0.6) is 0 Å². The van der Waals surface area contributed by atoms with Crippen LogP contribution >= 0.6 is 0 Å². The van der Waals surface area contributed by atoms with Crippen LogP contribution in [0.25, 0.3) is 11.0 Å². The van der Waals surface area contributed by atoms with Crippen molar-refractivity contribution in [3.05, 3.63) is 22.9 Å². The molecule has 2 aromatic rings. The van der Waals surface area contributed by atoms with Gasteiger partial charge in [0.05, 0.1) is 25.9 Å². The highest BCUT2D eigenvalue weighted by Crippen LogP contribution is 2.04. The number of carbonyl (C=O) groups excluding carboxylic acids is 1. The van der Waals surface area contributed by atoms with Crippen LogP contribution in [0.2, 0.25) is 0 Å². The zero-order valence-corrected chi connectivity index (χ0v) is 9.33. The molecule has 0 amide bonds. The molecular weight excluding hydrogens is 224 g/mol. The normalized spacial score (nSPS) is 10.9. The summed E-state index contributed by atoms with van der Waals surface area (Å²) in [7, 11) is 0. The van der Waals surface area contributed by atoms with Gasteiger partial charge in [0.15, 0.2) is 5.65 Å². The zero-order valence-electron chi connectivity index (χ0n) is 9.33. The molecule has 0 saturated carbocycles. The minimum atomic E-state index is -0.297. The molecule has 0 aliphatic carbocycles. The molecule has 7 heteroatoms. The number of rotatable bonds is 4. The summed E-state index contributed by atoms with van der Waals surface area (Å²) in [6, 6.07) is 0. The highest BCUT2D eigenvalue weighted by atomic mass is 16.3. The lowest BCUT2D eigenvalue weighted by Crippen LogP contribution is -2.23. The molecule has 0 bridgehead atoms. The lowest BCUT2D eigenvalue weighted by atomic mass is 10.4. The number of fused-ring (bicyclic) bond motifs is 1. The van der Waals surface area contributed by atoms with Crippen LogP contribution in [0, 0.1) is 0 Å². The Bertz CT molecular complexity index is 614. The Morgan fingerprint density at radius 1 is 1.53 bits per heavy atom. The van der Waals surface area contributed by atoms with Crippen LogP contribution in [-0.4, -0.2) is 36.8 Å².